The minimum absolute atomic E-state index is 0.641. The van der Waals surface area contributed by atoms with Crippen molar-refractivity contribution in [1.82, 2.24) is 10.6 Å². The molecule has 2 heteroatoms. The van der Waals surface area contributed by atoms with Crippen molar-refractivity contribution in [2.75, 3.05) is 20.6 Å². The van der Waals surface area contributed by atoms with Crippen LogP contribution in [-0.4, -0.2) is 26.7 Å². The Morgan fingerprint density at radius 2 is 2.00 bits per heavy atom. The molecule has 0 amide bonds. The molecule has 0 aromatic heterocycles. The van der Waals surface area contributed by atoms with Crippen LogP contribution in [0.2, 0.25) is 0 Å². The van der Waals surface area contributed by atoms with Crippen molar-refractivity contribution in [3.8, 4) is 0 Å². The summed E-state index contributed by atoms with van der Waals surface area (Å²) in [5.74, 6) is 0. The molecule has 0 aliphatic rings. The van der Waals surface area contributed by atoms with Gasteiger partial charge in [0.25, 0.3) is 0 Å². The van der Waals surface area contributed by atoms with E-state index in [4.69, 9.17) is 0 Å². The van der Waals surface area contributed by atoms with Crippen molar-refractivity contribution in [2.24, 2.45) is 0 Å². The van der Waals surface area contributed by atoms with E-state index >= 15 is 0 Å². The normalized spacial score (nSPS) is 13.9. The predicted molar refractivity (Wildman–Crippen MR) is 37.1 cm³/mol. The van der Waals surface area contributed by atoms with Gasteiger partial charge in [0.05, 0.1) is 0 Å². The van der Waals surface area contributed by atoms with Gasteiger partial charge in [0, 0.05) is 6.04 Å². The van der Waals surface area contributed by atoms with Crippen LogP contribution in [0.5, 0.6) is 0 Å². The minimum atomic E-state index is 0.641. The zero-order valence-corrected chi connectivity index (χ0v) is 5.99. The molecule has 1 atom stereocenters. The van der Waals surface area contributed by atoms with E-state index in [0.29, 0.717) is 6.04 Å². The maximum absolute atomic E-state index is 3.16. The zero-order valence-electron chi connectivity index (χ0n) is 5.99. The molecule has 0 fully saturated rings. The molecular weight excluding hydrogens is 100 g/mol. The Kier molecular flexibility index (Phi) is 5.01. The van der Waals surface area contributed by atoms with Crippen LogP contribution in [0.15, 0.2) is 0 Å². The molecule has 0 aliphatic carbocycles. The van der Waals surface area contributed by atoms with Crippen molar-refractivity contribution in [3.63, 3.8) is 0 Å². The van der Waals surface area contributed by atoms with Gasteiger partial charge < -0.3 is 10.6 Å². The van der Waals surface area contributed by atoms with E-state index in [9.17, 15) is 0 Å². The molecule has 0 aliphatic heterocycles. The first kappa shape index (κ1) is 7.92. The Morgan fingerprint density at radius 3 is 2.38 bits per heavy atom. The summed E-state index contributed by atoms with van der Waals surface area (Å²) in [5, 5.41) is 6.25. The van der Waals surface area contributed by atoms with Crippen molar-refractivity contribution in [3.05, 3.63) is 0 Å². The fraction of sp³-hybridized carbons (Fsp3) is 1.00. The highest BCUT2D eigenvalue weighted by atomic mass is 14.9. The van der Waals surface area contributed by atoms with Crippen LogP contribution in [-0.2, 0) is 0 Å². The van der Waals surface area contributed by atoms with Gasteiger partial charge >= 0.3 is 0 Å². The first-order valence-electron chi connectivity index (χ1n) is 3.13. The van der Waals surface area contributed by atoms with Crippen LogP contribution in [0.25, 0.3) is 0 Å². The van der Waals surface area contributed by atoms with Gasteiger partial charge in [0.2, 0.25) is 0 Å². The average molecular weight is 116 g/mol. The van der Waals surface area contributed by atoms with Crippen LogP contribution in [0.4, 0.5) is 0 Å². The molecule has 0 rings (SSSR count). The third-order valence-corrected chi connectivity index (χ3v) is 1.32. The number of rotatable bonds is 4. The molecule has 0 heterocycles. The van der Waals surface area contributed by atoms with Gasteiger partial charge in [-0.25, -0.2) is 0 Å². The zero-order chi connectivity index (χ0) is 6.41. The van der Waals surface area contributed by atoms with Gasteiger partial charge in [0.1, 0.15) is 0 Å². The number of hydrogen-bond donors (Lipinski definition) is 2. The third kappa shape index (κ3) is 4.09. The monoisotopic (exact) mass is 116 g/mol. The number of nitrogens with one attached hydrogen (secondary N) is 2. The predicted octanol–water partition coefficient (Wildman–Crippen LogP) is 0.204. The molecule has 0 saturated heterocycles. The lowest BCUT2D eigenvalue weighted by molar-refractivity contribution is 0.548. The van der Waals surface area contributed by atoms with Crippen molar-refractivity contribution < 1.29 is 0 Å². The summed E-state index contributed by atoms with van der Waals surface area (Å²) in [6.07, 6.45) is 1.20. The quantitative estimate of drug-likeness (QED) is 0.548. The Morgan fingerprint density at radius 1 is 1.38 bits per heavy atom. The Hall–Kier alpha value is -0.0800. The summed E-state index contributed by atoms with van der Waals surface area (Å²) in [6.45, 7) is 3.28. The van der Waals surface area contributed by atoms with E-state index in [2.05, 4.69) is 17.6 Å². The second-order valence-electron chi connectivity index (χ2n) is 2.08. The fourth-order valence-corrected chi connectivity index (χ4v) is 0.505. The molecule has 0 unspecified atom stereocenters. The third-order valence-electron chi connectivity index (χ3n) is 1.32. The highest BCUT2D eigenvalue weighted by molar-refractivity contribution is 4.56. The first-order valence-corrected chi connectivity index (χ1v) is 3.13. The summed E-state index contributed by atoms with van der Waals surface area (Å²) < 4.78 is 0. The molecule has 0 bridgehead atoms. The summed E-state index contributed by atoms with van der Waals surface area (Å²) in [6, 6.07) is 0.641. The van der Waals surface area contributed by atoms with E-state index in [0.717, 1.165) is 6.54 Å². The minimum Gasteiger partial charge on any atom is -0.320 e. The lowest BCUT2D eigenvalue weighted by Crippen LogP contribution is -2.25. The topological polar surface area (TPSA) is 24.1 Å². The van der Waals surface area contributed by atoms with E-state index < -0.39 is 0 Å². The molecule has 2 nitrogen and oxygen atoms in total. The highest BCUT2D eigenvalue weighted by Gasteiger charge is 1.93. The van der Waals surface area contributed by atoms with Crippen LogP contribution >= 0.6 is 0 Å². The largest absolute Gasteiger partial charge is 0.320 e. The Labute approximate surface area is 51.7 Å². The molecule has 0 aromatic carbocycles. The molecule has 50 valence electrons. The van der Waals surface area contributed by atoms with Crippen LogP contribution < -0.4 is 10.6 Å². The van der Waals surface area contributed by atoms with Gasteiger partial charge in [-0.2, -0.15) is 0 Å². The first-order chi connectivity index (χ1) is 3.81. The lowest BCUT2D eigenvalue weighted by atomic mass is 10.2. The van der Waals surface area contributed by atoms with Gasteiger partial charge in [-0.05, 0) is 34.0 Å². The van der Waals surface area contributed by atoms with Crippen molar-refractivity contribution in [1.29, 1.82) is 0 Å². The van der Waals surface area contributed by atoms with Gasteiger partial charge in [-0.1, -0.05) is 0 Å². The summed E-state index contributed by atoms with van der Waals surface area (Å²) in [7, 11) is 3.96. The Bertz CT molecular complexity index is 45.8. The molecule has 0 aromatic rings. The summed E-state index contributed by atoms with van der Waals surface area (Å²) in [5.41, 5.74) is 0. The second kappa shape index (κ2) is 5.06. The maximum Gasteiger partial charge on any atom is 0.00478 e. The van der Waals surface area contributed by atoms with Crippen LogP contribution in [0, 0.1) is 0 Å². The molecule has 0 spiro atoms. The second-order valence-corrected chi connectivity index (χ2v) is 2.08. The van der Waals surface area contributed by atoms with E-state index in [1.54, 1.807) is 0 Å². The molecule has 0 saturated carbocycles. The van der Waals surface area contributed by atoms with Crippen LogP contribution in [0.3, 0.4) is 0 Å². The molecule has 0 radical (unpaired) electrons. The van der Waals surface area contributed by atoms with Gasteiger partial charge in [-0.15, -0.1) is 0 Å². The fourth-order valence-electron chi connectivity index (χ4n) is 0.505. The Balaban J connectivity index is 2.86. The van der Waals surface area contributed by atoms with E-state index in [-0.39, 0.29) is 0 Å². The van der Waals surface area contributed by atoms with Crippen LogP contribution in [0.1, 0.15) is 13.3 Å². The van der Waals surface area contributed by atoms with Crippen molar-refractivity contribution in [2.45, 2.75) is 19.4 Å². The lowest BCUT2D eigenvalue weighted by Gasteiger charge is -2.07. The van der Waals surface area contributed by atoms with E-state index in [1.165, 1.54) is 6.42 Å². The number of hydrogen-bond acceptors (Lipinski definition) is 2. The standard InChI is InChI=1S/C6H16N2/c1-6(8-3)4-5-7-2/h6-8H,4-5H2,1-3H3/t6-/m1/s1. The molecular formula is C6H16N2. The maximum atomic E-state index is 3.16. The molecule has 8 heavy (non-hydrogen) atoms. The van der Waals surface area contributed by atoms with Gasteiger partial charge in [-0.3, -0.25) is 0 Å². The molecule has 2 N–H and O–H groups in total. The smallest absolute Gasteiger partial charge is 0.00478 e. The summed E-state index contributed by atoms with van der Waals surface area (Å²) >= 11 is 0. The highest BCUT2D eigenvalue weighted by Crippen LogP contribution is 1.84. The average Bonchev–Trinajstić information content (AvgIpc) is 1.83. The summed E-state index contributed by atoms with van der Waals surface area (Å²) in [4.78, 5) is 0. The van der Waals surface area contributed by atoms with Crippen molar-refractivity contribution >= 4 is 0 Å². The van der Waals surface area contributed by atoms with Gasteiger partial charge in [0.15, 0.2) is 0 Å². The SMILES string of the molecule is CNCC[C@@H](C)NC. The van der Waals surface area contributed by atoms with E-state index in [1.807, 2.05) is 14.1 Å².